The van der Waals surface area contributed by atoms with Crippen LogP contribution in [0.15, 0.2) is 67.0 Å². The van der Waals surface area contributed by atoms with Crippen molar-refractivity contribution in [3.8, 4) is 17.0 Å². The van der Waals surface area contributed by atoms with Crippen LogP contribution in [0.25, 0.3) is 22.3 Å². The number of aromatic nitrogens is 4. The number of piperidine rings is 2. The number of halogens is 1. The van der Waals surface area contributed by atoms with Gasteiger partial charge in [0.05, 0.1) is 35.2 Å². The van der Waals surface area contributed by atoms with Crippen LogP contribution in [0.2, 0.25) is 0 Å². The molecule has 10 rings (SSSR count). The van der Waals surface area contributed by atoms with Gasteiger partial charge >= 0.3 is 0 Å². The first-order valence-corrected chi connectivity index (χ1v) is 21.8. The van der Waals surface area contributed by atoms with E-state index in [0.29, 0.717) is 51.5 Å². The first kappa shape index (κ1) is 41.2. The second-order valence-electron chi connectivity index (χ2n) is 17.2. The van der Waals surface area contributed by atoms with Crippen LogP contribution in [-0.4, -0.2) is 128 Å². The largest absolute Gasteiger partial charge is 0.496 e. The van der Waals surface area contributed by atoms with E-state index >= 15 is 0 Å². The lowest BCUT2D eigenvalue weighted by Gasteiger charge is -2.51. The van der Waals surface area contributed by atoms with E-state index in [2.05, 4.69) is 35.3 Å². The molecule has 3 aromatic carbocycles. The second-order valence-corrected chi connectivity index (χ2v) is 17.2. The first-order valence-electron chi connectivity index (χ1n) is 21.8. The van der Waals surface area contributed by atoms with Crippen LogP contribution in [0.5, 0.6) is 5.75 Å². The summed E-state index contributed by atoms with van der Waals surface area (Å²) in [7, 11) is 1.44. The summed E-state index contributed by atoms with van der Waals surface area (Å²) in [5.74, 6) is -2.29. The van der Waals surface area contributed by atoms with E-state index in [0.717, 1.165) is 92.7 Å². The highest BCUT2D eigenvalue weighted by atomic mass is 19.1. The summed E-state index contributed by atoms with van der Waals surface area (Å²) in [5, 5.41) is 10.9. The minimum absolute atomic E-state index is 0.0857. The number of nitrogen functional groups attached to an aromatic ring is 1. The minimum atomic E-state index is -0.981. The summed E-state index contributed by atoms with van der Waals surface area (Å²) in [5.41, 5.74) is 11.2. The number of carbonyl (C=O) groups is 5. The number of hydrogen-bond acceptors (Lipinski definition) is 13. The van der Waals surface area contributed by atoms with E-state index < -0.39 is 41.4 Å². The monoisotopic (exact) mass is 869 g/mol. The van der Waals surface area contributed by atoms with Gasteiger partial charge in [-0.1, -0.05) is 24.3 Å². The van der Waals surface area contributed by atoms with E-state index in [9.17, 15) is 28.4 Å². The van der Waals surface area contributed by atoms with Crippen LogP contribution in [-0.2, 0) is 16.1 Å². The molecular formula is C46H48FN11O6. The lowest BCUT2D eigenvalue weighted by molar-refractivity contribution is -0.136. The van der Waals surface area contributed by atoms with Crippen molar-refractivity contribution in [3.63, 3.8) is 0 Å². The number of fused-ring (bicyclic) bond motifs is 2. The van der Waals surface area contributed by atoms with Gasteiger partial charge in [0.1, 0.15) is 35.4 Å². The molecule has 1 aliphatic carbocycles. The number of amides is 5. The summed E-state index contributed by atoms with van der Waals surface area (Å²) in [6.45, 7) is 5.54. The molecule has 1 atom stereocenters. The predicted octanol–water partition coefficient (Wildman–Crippen LogP) is 3.54. The summed E-state index contributed by atoms with van der Waals surface area (Å²) < 4.78 is 21.1. The maximum absolute atomic E-state index is 13.9. The van der Waals surface area contributed by atoms with Crippen molar-refractivity contribution < 1.29 is 33.1 Å². The molecule has 18 heteroatoms. The van der Waals surface area contributed by atoms with E-state index in [1.165, 1.54) is 25.6 Å². The molecule has 4 N–H and O–H groups in total. The summed E-state index contributed by atoms with van der Waals surface area (Å²) in [6.07, 6.45) is 5.79. The van der Waals surface area contributed by atoms with Gasteiger partial charge in [-0.15, -0.1) is 0 Å². The summed E-state index contributed by atoms with van der Waals surface area (Å²) in [6, 6.07) is 17.1. The number of rotatable bonds is 10. The number of piperazine rings is 1. The van der Waals surface area contributed by atoms with Crippen LogP contribution in [0.1, 0.15) is 81.2 Å². The fourth-order valence-electron chi connectivity index (χ4n) is 10.0. The third-order valence-electron chi connectivity index (χ3n) is 13.7. The van der Waals surface area contributed by atoms with E-state index in [-0.39, 0.29) is 31.0 Å². The quantitative estimate of drug-likeness (QED) is 0.172. The lowest BCUT2D eigenvalue weighted by Crippen LogP contribution is -2.59. The smallest absolute Gasteiger partial charge is 0.262 e. The highest BCUT2D eigenvalue weighted by Gasteiger charge is 2.45. The Hall–Kier alpha value is -6.79. The van der Waals surface area contributed by atoms with Crippen molar-refractivity contribution in [2.24, 2.45) is 0 Å². The lowest BCUT2D eigenvalue weighted by atomic mass is 9.82. The molecule has 17 nitrogen and oxygen atoms in total. The molecule has 4 fully saturated rings. The third-order valence-corrected chi connectivity index (χ3v) is 13.7. The van der Waals surface area contributed by atoms with E-state index in [4.69, 9.17) is 15.6 Å². The van der Waals surface area contributed by atoms with Crippen LogP contribution < -0.4 is 26.0 Å². The van der Waals surface area contributed by atoms with Crippen molar-refractivity contribution in [1.82, 2.24) is 45.1 Å². The number of hydrogen-bond donors (Lipinski definition) is 3. The number of methoxy groups -OCH3 is 1. The summed E-state index contributed by atoms with van der Waals surface area (Å²) >= 11 is 0. The van der Waals surface area contributed by atoms with Crippen LogP contribution >= 0.6 is 0 Å². The van der Waals surface area contributed by atoms with Gasteiger partial charge in [0, 0.05) is 75.6 Å². The number of nitrogens with one attached hydrogen (secondary N) is 2. The molecule has 0 radical (unpaired) electrons. The third kappa shape index (κ3) is 7.49. The maximum Gasteiger partial charge on any atom is 0.262 e. The zero-order valence-corrected chi connectivity index (χ0v) is 35.3. The topological polar surface area (TPSA) is 201 Å². The van der Waals surface area contributed by atoms with Crippen molar-refractivity contribution in [1.29, 1.82) is 0 Å². The Morgan fingerprint density at radius 3 is 2.28 bits per heavy atom. The number of benzene rings is 3. The van der Waals surface area contributed by atoms with Crippen molar-refractivity contribution in [3.05, 3.63) is 95.1 Å². The number of anilines is 2. The van der Waals surface area contributed by atoms with Gasteiger partial charge in [-0.2, -0.15) is 5.10 Å². The summed E-state index contributed by atoms with van der Waals surface area (Å²) in [4.78, 5) is 80.9. The molecule has 5 aliphatic rings. The van der Waals surface area contributed by atoms with E-state index in [1.807, 2.05) is 35.0 Å². The maximum atomic E-state index is 13.9. The fourth-order valence-corrected chi connectivity index (χ4v) is 10.0. The zero-order chi connectivity index (χ0) is 44.2. The molecule has 0 bridgehead atoms. The Bertz CT molecular complexity index is 2690. The number of nitrogens with zero attached hydrogens (tertiary/aromatic N) is 8. The first-order chi connectivity index (χ1) is 31.0. The van der Waals surface area contributed by atoms with Gasteiger partial charge in [-0.25, -0.2) is 19.0 Å². The predicted molar refractivity (Wildman–Crippen MR) is 233 cm³/mol. The van der Waals surface area contributed by atoms with Gasteiger partial charge in [-0.05, 0) is 74.1 Å². The van der Waals surface area contributed by atoms with Crippen LogP contribution in [0.4, 0.5) is 15.9 Å². The molecule has 3 saturated heterocycles. The van der Waals surface area contributed by atoms with Crippen molar-refractivity contribution >= 4 is 52.1 Å². The van der Waals surface area contributed by atoms with Gasteiger partial charge < -0.3 is 25.6 Å². The molecule has 0 spiro atoms. The number of ether oxygens (including phenoxy) is 1. The van der Waals surface area contributed by atoms with Crippen LogP contribution in [0.3, 0.4) is 0 Å². The molecule has 0 unspecified atom stereocenters. The van der Waals surface area contributed by atoms with Gasteiger partial charge in [-0.3, -0.25) is 39.1 Å². The molecule has 1 saturated carbocycles. The van der Waals surface area contributed by atoms with Crippen molar-refractivity contribution in [2.45, 2.75) is 69.2 Å². The van der Waals surface area contributed by atoms with Gasteiger partial charge in [0.25, 0.3) is 17.7 Å². The molecule has 4 aliphatic heterocycles. The molecule has 64 heavy (non-hydrogen) atoms. The highest BCUT2D eigenvalue weighted by molar-refractivity contribution is 6.23. The Morgan fingerprint density at radius 1 is 0.844 bits per heavy atom. The number of carbonyl (C=O) groups excluding carboxylic acids is 5. The Morgan fingerprint density at radius 2 is 1.56 bits per heavy atom. The number of nitrogens with two attached hydrogens (primary N) is 1. The molecule has 5 amide bonds. The van der Waals surface area contributed by atoms with Gasteiger partial charge in [0.2, 0.25) is 11.8 Å². The zero-order valence-electron chi connectivity index (χ0n) is 35.3. The second kappa shape index (κ2) is 16.7. The Balaban J connectivity index is 0.720. The van der Waals surface area contributed by atoms with E-state index in [1.54, 1.807) is 12.1 Å². The average Bonchev–Trinajstić information content (AvgIpc) is 3.80. The standard InChI is InChI=1S/C46H48FN11O6/c1-64-37-10-6-28(47)20-35(37)43(60)49-24-26-2-4-27(5-3-26)40-39-41(48)50-25-51-42(39)58(53-40)29-12-14-54(15-13-29)31-21-32(22-31)56-18-16-55(17-19-56)30-7-8-33-34(23-30)46(63)57(45(33)62)36-9-11-38(59)52-44(36)61/h2-8,10,20,23,25,29,31-32,36H,9,11-19,21-22,24H2,1H3,(H,49,60)(H2,48,50,51)(H,52,59,61)/t31?,32?,36-/m0/s1. The van der Waals surface area contributed by atoms with Crippen molar-refractivity contribution in [2.75, 3.05) is 57.0 Å². The SMILES string of the molecule is COc1ccc(F)cc1C(=O)NCc1ccc(-c2nn(C3CCN(C4CC(N5CCN(c6ccc7c(c6)C(=O)N([C@H]6CCC(=O)NC6=O)C7=O)CC5)C4)CC3)c3ncnc(N)c23)cc1. The molecular weight excluding hydrogens is 822 g/mol. The Kier molecular flexibility index (Phi) is 10.8. The molecule has 2 aromatic heterocycles. The number of imide groups is 2. The van der Waals surface area contributed by atoms with Gasteiger partial charge in [0.15, 0.2) is 5.65 Å². The van der Waals surface area contributed by atoms with Crippen LogP contribution in [0, 0.1) is 5.82 Å². The molecule has 330 valence electrons. The minimum Gasteiger partial charge on any atom is -0.496 e. The average molecular weight is 870 g/mol. The normalized spacial score (nSPS) is 22.1. The molecule has 5 aromatic rings. The Labute approximate surface area is 367 Å². The number of likely N-dealkylation sites (tertiary alicyclic amines) is 1. The fraction of sp³-hybridized carbons (Fsp3) is 0.391. The highest BCUT2D eigenvalue weighted by Crippen LogP contribution is 2.38. The molecule has 6 heterocycles.